The monoisotopic (exact) mass is 338 g/mol. The van der Waals surface area contributed by atoms with Crippen molar-refractivity contribution in [3.63, 3.8) is 0 Å². The predicted molar refractivity (Wildman–Crippen MR) is 96.7 cm³/mol. The van der Waals surface area contributed by atoms with Crippen LogP contribution in [0, 0.1) is 6.92 Å². The van der Waals surface area contributed by atoms with Crippen molar-refractivity contribution >= 4 is 23.8 Å². The van der Waals surface area contributed by atoms with Gasteiger partial charge in [0.2, 0.25) is 15.9 Å². The van der Waals surface area contributed by atoms with Crippen LogP contribution >= 0.6 is 0 Å². The summed E-state index contributed by atoms with van der Waals surface area (Å²) < 4.78 is 25.0. The maximum absolute atomic E-state index is 12.0. The van der Waals surface area contributed by atoms with Gasteiger partial charge in [-0.05, 0) is 25.8 Å². The lowest BCUT2D eigenvalue weighted by molar-refractivity contribution is -0.121. The van der Waals surface area contributed by atoms with E-state index in [1.54, 1.807) is 13.8 Å². The van der Waals surface area contributed by atoms with Gasteiger partial charge >= 0.3 is 0 Å². The molecule has 1 aromatic carbocycles. The third-order valence-corrected chi connectivity index (χ3v) is 5.73. The number of aryl methyl sites for hydroxylation is 1. The number of hydrogen-bond acceptors (Lipinski definition) is 3. The van der Waals surface area contributed by atoms with E-state index < -0.39 is 10.0 Å². The van der Waals surface area contributed by atoms with E-state index in [9.17, 15) is 13.2 Å². The Kier molecular flexibility index (Phi) is 7.78. The summed E-state index contributed by atoms with van der Waals surface area (Å²) in [6.45, 7) is 6.06. The summed E-state index contributed by atoms with van der Waals surface area (Å²) in [5, 5.41) is 2.93. The highest BCUT2D eigenvalue weighted by molar-refractivity contribution is 7.89. The molecule has 0 aliphatic carbocycles. The van der Waals surface area contributed by atoms with E-state index in [0.29, 0.717) is 6.54 Å². The number of hydrogen-bond donors (Lipinski definition) is 1. The van der Waals surface area contributed by atoms with Gasteiger partial charge in [-0.3, -0.25) is 4.79 Å². The lowest BCUT2D eigenvalue weighted by Gasteiger charge is -2.20. The molecule has 1 rings (SSSR count). The van der Waals surface area contributed by atoms with Crippen LogP contribution in [0.2, 0.25) is 0 Å². The van der Waals surface area contributed by atoms with Gasteiger partial charge in [0.05, 0.1) is 5.75 Å². The van der Waals surface area contributed by atoms with Crippen molar-refractivity contribution in [3.8, 4) is 0 Å². The highest BCUT2D eigenvalue weighted by atomic mass is 32.2. The molecule has 0 aliphatic rings. The molecule has 0 fully saturated rings. The van der Waals surface area contributed by atoms with E-state index in [0.717, 1.165) is 6.42 Å². The van der Waals surface area contributed by atoms with Crippen LogP contribution in [0.25, 0.3) is 0 Å². The number of nitrogens with one attached hydrogen (secondary N) is 1. The molecule has 0 aromatic heterocycles. The van der Waals surface area contributed by atoms with Gasteiger partial charge in [0, 0.05) is 25.5 Å². The molecule has 0 saturated heterocycles. The largest absolute Gasteiger partial charge is 0.361 e. The molecule has 7 heteroatoms. The van der Waals surface area contributed by atoms with E-state index >= 15 is 0 Å². The van der Waals surface area contributed by atoms with Crippen LogP contribution in [-0.2, 0) is 21.2 Å². The van der Waals surface area contributed by atoms with Crippen LogP contribution in [0.3, 0.4) is 0 Å². The smallest absolute Gasteiger partial charge is 0.220 e. The highest BCUT2D eigenvalue weighted by Gasteiger charge is 2.19. The van der Waals surface area contributed by atoms with Crippen LogP contribution in [0.15, 0.2) is 24.3 Å². The molecule has 1 amide bonds. The average Bonchev–Trinajstić information content (AvgIpc) is 2.49. The third-order valence-electron chi connectivity index (χ3n) is 3.77. The maximum atomic E-state index is 12.0. The Morgan fingerprint density at radius 2 is 1.87 bits per heavy atom. The van der Waals surface area contributed by atoms with Crippen LogP contribution in [0.1, 0.15) is 31.4 Å². The summed E-state index contributed by atoms with van der Waals surface area (Å²) in [6, 6.07) is 8.23. The second kappa shape index (κ2) is 9.08. The van der Waals surface area contributed by atoms with Crippen molar-refractivity contribution < 1.29 is 13.2 Å². The third kappa shape index (κ3) is 6.75. The Balaban J connectivity index is 2.45. The molecule has 1 N–H and O–H groups in total. The van der Waals surface area contributed by atoms with Gasteiger partial charge in [0.15, 0.2) is 0 Å². The first-order valence-electron chi connectivity index (χ1n) is 8.11. The Bertz CT molecular complexity index is 602. The lowest BCUT2D eigenvalue weighted by atomic mass is 9.89. The Hall–Kier alpha value is -1.34. The molecule has 23 heavy (non-hydrogen) atoms. The number of benzene rings is 1. The average molecular weight is 338 g/mol. The fraction of sp³-hybridized carbons (Fsp3) is 0.562. The summed E-state index contributed by atoms with van der Waals surface area (Å²) in [6.07, 6.45) is 0.947. The minimum atomic E-state index is -3.23. The molecule has 1 aromatic rings. The minimum absolute atomic E-state index is 0.0167. The molecular formula is C16H27BN2O3S. The molecule has 0 aliphatic heterocycles. The number of sulfonamides is 1. The molecular weight excluding hydrogens is 311 g/mol. The van der Waals surface area contributed by atoms with Crippen molar-refractivity contribution in [2.24, 2.45) is 0 Å². The first-order valence-corrected chi connectivity index (χ1v) is 9.72. The molecule has 1 atom stereocenters. The molecule has 0 radical (unpaired) electrons. The summed E-state index contributed by atoms with van der Waals surface area (Å²) in [5.41, 5.74) is 2.38. The number of carbonyl (C=O) groups excluding carboxylic acids is 1. The van der Waals surface area contributed by atoms with Crippen molar-refractivity contribution in [1.82, 2.24) is 9.62 Å². The molecule has 0 heterocycles. The Morgan fingerprint density at radius 1 is 1.26 bits per heavy atom. The quantitative estimate of drug-likeness (QED) is 0.673. The van der Waals surface area contributed by atoms with Gasteiger partial charge in [-0.15, -0.1) is 0 Å². The van der Waals surface area contributed by atoms with Gasteiger partial charge in [-0.2, -0.15) is 0 Å². The fourth-order valence-electron chi connectivity index (χ4n) is 2.38. The minimum Gasteiger partial charge on any atom is -0.361 e. The van der Waals surface area contributed by atoms with Crippen LogP contribution in [0.5, 0.6) is 0 Å². The van der Waals surface area contributed by atoms with E-state index in [1.165, 1.54) is 15.4 Å². The lowest BCUT2D eigenvalue weighted by Crippen LogP contribution is -2.40. The SMILES string of the molecule is BC(Cc1ccc(C)cc1)NC(=O)CCN(CC)S(=O)(=O)CC. The number of nitrogens with zero attached hydrogens (tertiary/aromatic N) is 1. The van der Waals surface area contributed by atoms with Crippen molar-refractivity contribution in [1.29, 1.82) is 0 Å². The predicted octanol–water partition coefficient (Wildman–Crippen LogP) is 0.675. The zero-order chi connectivity index (χ0) is 17.5. The second-order valence-electron chi connectivity index (χ2n) is 5.80. The summed E-state index contributed by atoms with van der Waals surface area (Å²) in [4.78, 5) is 12.0. The number of rotatable bonds is 9. The number of carbonyl (C=O) groups is 1. The van der Waals surface area contributed by atoms with Crippen LogP contribution < -0.4 is 5.32 Å². The standard InChI is InChI=1S/C16H27BN2O3S/c1-4-19(23(21,22)5-2)11-10-16(20)18-15(17)12-14-8-6-13(3)7-9-14/h6-9,15H,4-5,10-12,17H2,1-3H3,(H,18,20). The zero-order valence-corrected chi connectivity index (χ0v) is 15.3. The fourth-order valence-corrected chi connectivity index (χ4v) is 3.51. The van der Waals surface area contributed by atoms with E-state index in [2.05, 4.69) is 29.6 Å². The summed E-state index contributed by atoms with van der Waals surface area (Å²) >= 11 is 0. The molecule has 5 nitrogen and oxygen atoms in total. The molecule has 0 saturated carbocycles. The summed E-state index contributed by atoms with van der Waals surface area (Å²) in [7, 11) is -1.28. The Morgan fingerprint density at radius 3 is 2.39 bits per heavy atom. The maximum Gasteiger partial charge on any atom is 0.220 e. The first kappa shape index (κ1) is 19.7. The van der Waals surface area contributed by atoms with Gasteiger partial charge in [0.1, 0.15) is 7.85 Å². The van der Waals surface area contributed by atoms with E-state index in [-0.39, 0.29) is 30.6 Å². The van der Waals surface area contributed by atoms with Crippen molar-refractivity contribution in [2.45, 2.75) is 39.6 Å². The second-order valence-corrected chi connectivity index (χ2v) is 8.06. The first-order chi connectivity index (χ1) is 10.8. The van der Waals surface area contributed by atoms with Gasteiger partial charge in [-0.25, -0.2) is 12.7 Å². The normalized spacial score (nSPS) is 13.0. The molecule has 1 unspecified atom stereocenters. The topological polar surface area (TPSA) is 66.5 Å². The molecule has 0 spiro atoms. The molecule has 128 valence electrons. The summed E-state index contributed by atoms with van der Waals surface area (Å²) in [5.74, 6) is -0.0378. The number of amides is 1. The van der Waals surface area contributed by atoms with Crippen LogP contribution in [-0.4, -0.2) is 51.3 Å². The van der Waals surface area contributed by atoms with Gasteiger partial charge < -0.3 is 5.32 Å². The highest BCUT2D eigenvalue weighted by Crippen LogP contribution is 2.06. The van der Waals surface area contributed by atoms with Gasteiger partial charge in [0.25, 0.3) is 0 Å². The van der Waals surface area contributed by atoms with Gasteiger partial charge in [-0.1, -0.05) is 36.8 Å². The van der Waals surface area contributed by atoms with E-state index in [4.69, 9.17) is 0 Å². The van der Waals surface area contributed by atoms with Crippen LogP contribution in [0.4, 0.5) is 0 Å². The molecule has 0 bridgehead atoms. The zero-order valence-electron chi connectivity index (χ0n) is 14.5. The Labute approximate surface area is 140 Å². The van der Waals surface area contributed by atoms with Crippen molar-refractivity contribution in [3.05, 3.63) is 35.4 Å². The van der Waals surface area contributed by atoms with E-state index in [1.807, 2.05) is 14.8 Å². The van der Waals surface area contributed by atoms with Crippen molar-refractivity contribution in [2.75, 3.05) is 18.8 Å².